The zero-order valence-corrected chi connectivity index (χ0v) is 16.9. The fourth-order valence-electron chi connectivity index (χ4n) is 3.71. The summed E-state index contributed by atoms with van der Waals surface area (Å²) < 4.78 is 15.5. The average Bonchev–Trinajstić information content (AvgIpc) is 3.01. The van der Waals surface area contributed by atoms with Crippen LogP contribution >= 0.6 is 0 Å². The Morgan fingerprint density at radius 2 is 1.64 bits per heavy atom. The lowest BCUT2D eigenvalue weighted by molar-refractivity contribution is 0.182. The lowest BCUT2D eigenvalue weighted by Gasteiger charge is -2.28. The van der Waals surface area contributed by atoms with Gasteiger partial charge in [0.2, 0.25) is 0 Å². The van der Waals surface area contributed by atoms with Crippen LogP contribution < -0.4 is 0 Å². The first-order valence-corrected chi connectivity index (χ1v) is 9.68. The molecule has 1 atom stereocenters. The molecule has 3 heterocycles. The molecule has 0 radical (unpaired) electrons. The predicted molar refractivity (Wildman–Crippen MR) is 100 cm³/mol. The summed E-state index contributed by atoms with van der Waals surface area (Å²) in [5.41, 5.74) is -0.922. The number of nitrogens with zero attached hydrogens (tertiary/aromatic N) is 5. The third kappa shape index (κ3) is 6.33. The molecule has 0 amide bonds. The zero-order chi connectivity index (χ0) is 18.6. The molecular formula is C19H36FN5. The largest absolute Gasteiger partial charge is 0.313 e. The highest BCUT2D eigenvalue weighted by Gasteiger charge is 2.33. The van der Waals surface area contributed by atoms with Crippen molar-refractivity contribution in [1.29, 1.82) is 0 Å². The van der Waals surface area contributed by atoms with Gasteiger partial charge in [0.25, 0.3) is 0 Å². The molecule has 25 heavy (non-hydrogen) atoms. The molecule has 0 aromatic carbocycles. The van der Waals surface area contributed by atoms with E-state index < -0.39 is 5.67 Å². The molecule has 0 spiro atoms. The molecule has 144 valence electrons. The van der Waals surface area contributed by atoms with E-state index in [0.29, 0.717) is 18.9 Å². The second kappa shape index (κ2) is 8.58. The van der Waals surface area contributed by atoms with Gasteiger partial charge in [-0.05, 0) is 32.1 Å². The molecular weight excluding hydrogens is 317 g/mol. The van der Waals surface area contributed by atoms with Crippen molar-refractivity contribution in [2.75, 3.05) is 32.7 Å². The number of rotatable bonds is 4. The van der Waals surface area contributed by atoms with Crippen molar-refractivity contribution in [1.82, 2.24) is 24.6 Å². The molecule has 1 aromatic heterocycles. The molecule has 2 aliphatic rings. The van der Waals surface area contributed by atoms with Crippen LogP contribution in [0, 0.1) is 18.8 Å². The van der Waals surface area contributed by atoms with E-state index in [2.05, 4.69) is 52.3 Å². The van der Waals surface area contributed by atoms with Gasteiger partial charge in [0.15, 0.2) is 0 Å². The van der Waals surface area contributed by atoms with Crippen LogP contribution in [-0.2, 0) is 13.1 Å². The van der Waals surface area contributed by atoms with Gasteiger partial charge < -0.3 is 4.57 Å². The van der Waals surface area contributed by atoms with Gasteiger partial charge in [-0.3, -0.25) is 9.80 Å². The van der Waals surface area contributed by atoms with Crippen LogP contribution in [0.15, 0.2) is 0 Å². The van der Waals surface area contributed by atoms with Gasteiger partial charge in [0.05, 0.1) is 6.54 Å². The number of halogens is 1. The lowest BCUT2D eigenvalue weighted by Crippen LogP contribution is -2.36. The third-order valence-electron chi connectivity index (χ3n) is 4.77. The first-order chi connectivity index (χ1) is 11.7. The van der Waals surface area contributed by atoms with E-state index in [-0.39, 0.29) is 0 Å². The summed E-state index contributed by atoms with van der Waals surface area (Å²) in [6.45, 7) is 19.5. The van der Waals surface area contributed by atoms with Crippen LogP contribution in [0.4, 0.5) is 4.39 Å². The maximum atomic E-state index is 13.3. The first kappa shape index (κ1) is 20.3. The highest BCUT2D eigenvalue weighted by atomic mass is 19.1. The number of likely N-dealkylation sites (tertiary alicyclic amines) is 1. The van der Waals surface area contributed by atoms with Gasteiger partial charge >= 0.3 is 0 Å². The van der Waals surface area contributed by atoms with E-state index >= 15 is 0 Å². The number of alkyl halides is 1. The average molecular weight is 354 g/mol. The fraction of sp³-hybridized carbons (Fsp3) is 0.895. The minimum atomic E-state index is -0.922. The standard InChI is InChI=1S/C10H18N4.C9H18FN/c1-8(2)6-13-4-5-14-9(3)11-12-10(14)7-13;1-8(2)6-11-5-4-9(3,10)7-11/h8H,4-7H2,1-3H3;8H,4-7H2,1-3H3. The Hall–Kier alpha value is -1.01. The van der Waals surface area contributed by atoms with E-state index in [1.165, 1.54) is 0 Å². The van der Waals surface area contributed by atoms with E-state index in [0.717, 1.165) is 56.8 Å². The van der Waals surface area contributed by atoms with Crippen LogP contribution in [-0.4, -0.2) is 63.0 Å². The number of hydrogen-bond donors (Lipinski definition) is 0. The molecule has 2 aliphatic heterocycles. The number of aryl methyl sites for hydroxylation is 1. The van der Waals surface area contributed by atoms with Crippen LogP contribution in [0.1, 0.15) is 52.7 Å². The van der Waals surface area contributed by atoms with Crippen LogP contribution in [0.2, 0.25) is 0 Å². The molecule has 3 rings (SSSR count). The minimum absolute atomic E-state index is 0.630. The molecule has 0 saturated carbocycles. The molecule has 0 bridgehead atoms. The predicted octanol–water partition coefficient (Wildman–Crippen LogP) is 3.13. The maximum absolute atomic E-state index is 13.3. The lowest BCUT2D eigenvalue weighted by atomic mass is 10.1. The van der Waals surface area contributed by atoms with E-state index in [1.807, 2.05) is 6.92 Å². The quantitative estimate of drug-likeness (QED) is 0.833. The molecule has 6 heteroatoms. The van der Waals surface area contributed by atoms with Gasteiger partial charge in [-0.2, -0.15) is 0 Å². The fourth-order valence-corrected chi connectivity index (χ4v) is 3.71. The van der Waals surface area contributed by atoms with E-state index in [4.69, 9.17) is 0 Å². The zero-order valence-electron chi connectivity index (χ0n) is 16.9. The normalized spacial score (nSPS) is 24.5. The summed E-state index contributed by atoms with van der Waals surface area (Å²) in [5, 5.41) is 8.28. The second-order valence-electron chi connectivity index (χ2n) is 8.74. The van der Waals surface area contributed by atoms with E-state index in [1.54, 1.807) is 6.92 Å². The molecule has 1 aromatic rings. The topological polar surface area (TPSA) is 37.2 Å². The highest BCUT2D eigenvalue weighted by Crippen LogP contribution is 2.24. The van der Waals surface area contributed by atoms with Gasteiger partial charge in [-0.1, -0.05) is 27.7 Å². The SMILES string of the molecule is CC(C)CN1CCC(C)(F)C1.Cc1nnc2n1CCN(CC(C)C)C2. The number of fused-ring (bicyclic) bond motifs is 1. The molecule has 0 N–H and O–H groups in total. The third-order valence-corrected chi connectivity index (χ3v) is 4.77. The van der Waals surface area contributed by atoms with Crippen molar-refractivity contribution in [2.45, 2.75) is 66.7 Å². The van der Waals surface area contributed by atoms with Crippen molar-refractivity contribution in [2.24, 2.45) is 11.8 Å². The first-order valence-electron chi connectivity index (χ1n) is 9.68. The summed E-state index contributed by atoms with van der Waals surface area (Å²) in [6.07, 6.45) is 0.708. The molecule has 1 unspecified atom stereocenters. The van der Waals surface area contributed by atoms with Crippen molar-refractivity contribution >= 4 is 0 Å². The maximum Gasteiger partial charge on any atom is 0.147 e. The Kier molecular flexibility index (Phi) is 6.97. The Balaban J connectivity index is 0.000000186. The van der Waals surface area contributed by atoms with Crippen molar-refractivity contribution in [3.05, 3.63) is 11.6 Å². The van der Waals surface area contributed by atoms with Crippen LogP contribution in [0.25, 0.3) is 0 Å². The minimum Gasteiger partial charge on any atom is -0.313 e. The molecule has 1 fully saturated rings. The van der Waals surface area contributed by atoms with Crippen LogP contribution in [0.5, 0.6) is 0 Å². The molecule has 0 aliphatic carbocycles. The number of aromatic nitrogens is 3. The van der Waals surface area contributed by atoms with Crippen molar-refractivity contribution in [3.63, 3.8) is 0 Å². The summed E-state index contributed by atoms with van der Waals surface area (Å²) in [4.78, 5) is 4.67. The molecule has 1 saturated heterocycles. The monoisotopic (exact) mass is 353 g/mol. The highest BCUT2D eigenvalue weighted by molar-refractivity contribution is 4.97. The summed E-state index contributed by atoms with van der Waals surface area (Å²) >= 11 is 0. The van der Waals surface area contributed by atoms with Crippen LogP contribution in [0.3, 0.4) is 0 Å². The Morgan fingerprint density at radius 3 is 2.20 bits per heavy atom. The van der Waals surface area contributed by atoms with Crippen molar-refractivity contribution < 1.29 is 4.39 Å². The summed E-state index contributed by atoms with van der Waals surface area (Å²) in [5.74, 6) is 3.55. The van der Waals surface area contributed by atoms with Gasteiger partial charge in [-0.25, -0.2) is 4.39 Å². The summed E-state index contributed by atoms with van der Waals surface area (Å²) in [6, 6.07) is 0. The second-order valence-corrected chi connectivity index (χ2v) is 8.74. The Bertz CT molecular complexity index is 538. The van der Waals surface area contributed by atoms with Gasteiger partial charge in [-0.15, -0.1) is 10.2 Å². The Morgan fingerprint density at radius 1 is 1.00 bits per heavy atom. The number of hydrogen-bond acceptors (Lipinski definition) is 4. The summed E-state index contributed by atoms with van der Waals surface area (Å²) in [7, 11) is 0. The Labute approximate surface area is 152 Å². The van der Waals surface area contributed by atoms with Gasteiger partial charge in [0, 0.05) is 39.3 Å². The molecule has 5 nitrogen and oxygen atoms in total. The van der Waals surface area contributed by atoms with Crippen molar-refractivity contribution in [3.8, 4) is 0 Å². The smallest absolute Gasteiger partial charge is 0.147 e. The van der Waals surface area contributed by atoms with E-state index in [9.17, 15) is 4.39 Å². The van der Waals surface area contributed by atoms with Gasteiger partial charge in [0.1, 0.15) is 17.3 Å².